The summed E-state index contributed by atoms with van der Waals surface area (Å²) in [4.78, 5) is 25.4. The zero-order valence-electron chi connectivity index (χ0n) is 17.7. The Labute approximate surface area is 176 Å². The lowest BCUT2D eigenvalue weighted by atomic mass is 10.0. The summed E-state index contributed by atoms with van der Waals surface area (Å²) in [5.41, 5.74) is 2.76. The lowest BCUT2D eigenvalue weighted by molar-refractivity contribution is -0.117. The third-order valence-electron chi connectivity index (χ3n) is 5.61. The molecule has 0 spiro atoms. The summed E-state index contributed by atoms with van der Waals surface area (Å²) in [7, 11) is 0. The zero-order chi connectivity index (χ0) is 21.1. The van der Waals surface area contributed by atoms with Crippen molar-refractivity contribution >= 4 is 11.6 Å². The molecule has 2 aromatic heterocycles. The molecule has 1 aliphatic rings. The van der Waals surface area contributed by atoms with Crippen molar-refractivity contribution < 1.29 is 9.53 Å². The highest BCUT2D eigenvalue weighted by molar-refractivity contribution is 5.90. The second-order valence-electron chi connectivity index (χ2n) is 7.93. The number of amides is 1. The van der Waals surface area contributed by atoms with Crippen LogP contribution in [-0.4, -0.2) is 25.4 Å². The van der Waals surface area contributed by atoms with Crippen molar-refractivity contribution in [2.45, 2.75) is 52.9 Å². The molecular formula is C23H27N5O2. The van der Waals surface area contributed by atoms with Crippen LogP contribution in [0.15, 0.2) is 36.7 Å². The van der Waals surface area contributed by atoms with Crippen molar-refractivity contribution in [1.29, 1.82) is 0 Å². The minimum absolute atomic E-state index is 0.0811. The Balaban J connectivity index is 1.43. The maximum Gasteiger partial charge on any atom is 0.224 e. The maximum atomic E-state index is 12.2. The number of hydrogen-bond acceptors (Lipinski definition) is 5. The van der Waals surface area contributed by atoms with Gasteiger partial charge in [0.05, 0.1) is 5.69 Å². The van der Waals surface area contributed by atoms with E-state index in [0.717, 1.165) is 17.1 Å². The molecule has 1 fully saturated rings. The Morgan fingerprint density at radius 1 is 1.13 bits per heavy atom. The van der Waals surface area contributed by atoms with Crippen molar-refractivity contribution in [1.82, 2.24) is 19.5 Å². The highest BCUT2D eigenvalue weighted by Crippen LogP contribution is 2.28. The SMILES string of the molecule is Cc1nc(Oc2ccc(NC(=O)CC3CCCC3)cc2)cc(-n2cnc(C)c2C)n1. The van der Waals surface area contributed by atoms with E-state index in [0.29, 0.717) is 35.6 Å². The Hall–Kier alpha value is -3.22. The number of carbonyl (C=O) groups excluding carboxylic acids is 1. The summed E-state index contributed by atoms with van der Waals surface area (Å²) in [6, 6.07) is 9.14. The van der Waals surface area contributed by atoms with Crippen LogP contribution >= 0.6 is 0 Å². The second-order valence-corrected chi connectivity index (χ2v) is 7.93. The molecule has 1 aliphatic carbocycles. The van der Waals surface area contributed by atoms with E-state index in [1.807, 2.05) is 49.6 Å². The quantitative estimate of drug-likeness (QED) is 0.631. The summed E-state index contributed by atoms with van der Waals surface area (Å²) < 4.78 is 7.85. The van der Waals surface area contributed by atoms with Crippen LogP contribution in [0.3, 0.4) is 0 Å². The minimum atomic E-state index is 0.0811. The fraction of sp³-hybridized carbons (Fsp3) is 0.391. The molecule has 0 radical (unpaired) electrons. The predicted octanol–water partition coefficient (Wildman–Crippen LogP) is 4.90. The van der Waals surface area contributed by atoms with Crippen molar-refractivity contribution in [3.05, 3.63) is 53.9 Å². The van der Waals surface area contributed by atoms with E-state index in [1.165, 1.54) is 25.7 Å². The molecule has 2 heterocycles. The minimum Gasteiger partial charge on any atom is -0.439 e. The number of aryl methyl sites for hydroxylation is 2. The lowest BCUT2D eigenvalue weighted by Gasteiger charge is -2.11. The lowest BCUT2D eigenvalue weighted by Crippen LogP contribution is -2.14. The Bertz CT molecular complexity index is 1040. The summed E-state index contributed by atoms with van der Waals surface area (Å²) in [6.45, 7) is 5.80. The first kappa shape index (κ1) is 20.1. The Morgan fingerprint density at radius 3 is 2.53 bits per heavy atom. The number of benzene rings is 1. The second kappa shape index (κ2) is 8.65. The van der Waals surface area contributed by atoms with E-state index < -0.39 is 0 Å². The van der Waals surface area contributed by atoms with Crippen molar-refractivity contribution in [3.63, 3.8) is 0 Å². The smallest absolute Gasteiger partial charge is 0.224 e. The van der Waals surface area contributed by atoms with E-state index in [2.05, 4.69) is 20.3 Å². The zero-order valence-corrected chi connectivity index (χ0v) is 17.7. The summed E-state index contributed by atoms with van der Waals surface area (Å²) in [5.74, 6) is 3.05. The number of imidazole rings is 1. The van der Waals surface area contributed by atoms with E-state index in [9.17, 15) is 4.79 Å². The van der Waals surface area contributed by atoms with Gasteiger partial charge in [-0.1, -0.05) is 12.8 Å². The van der Waals surface area contributed by atoms with Crippen LogP contribution in [0.5, 0.6) is 11.6 Å². The first-order valence-electron chi connectivity index (χ1n) is 10.4. The van der Waals surface area contributed by atoms with E-state index >= 15 is 0 Å². The van der Waals surface area contributed by atoms with Crippen molar-refractivity contribution in [2.75, 3.05) is 5.32 Å². The third-order valence-corrected chi connectivity index (χ3v) is 5.61. The average molecular weight is 406 g/mol. The van der Waals surface area contributed by atoms with Gasteiger partial charge in [-0.25, -0.2) is 9.97 Å². The first-order chi connectivity index (χ1) is 14.5. The van der Waals surface area contributed by atoms with E-state index in [1.54, 1.807) is 12.4 Å². The molecule has 4 rings (SSSR count). The van der Waals surface area contributed by atoms with Gasteiger partial charge in [0.2, 0.25) is 11.8 Å². The monoisotopic (exact) mass is 405 g/mol. The molecule has 30 heavy (non-hydrogen) atoms. The average Bonchev–Trinajstić information content (AvgIpc) is 3.33. The van der Waals surface area contributed by atoms with Gasteiger partial charge < -0.3 is 10.1 Å². The Kier molecular flexibility index (Phi) is 5.79. The molecule has 1 saturated carbocycles. The number of anilines is 1. The molecule has 0 atom stereocenters. The number of nitrogens with zero attached hydrogens (tertiary/aromatic N) is 4. The fourth-order valence-corrected chi connectivity index (χ4v) is 3.85. The van der Waals surface area contributed by atoms with Crippen LogP contribution in [0.4, 0.5) is 5.69 Å². The number of nitrogens with one attached hydrogen (secondary N) is 1. The number of hydrogen-bond donors (Lipinski definition) is 1. The molecule has 1 amide bonds. The van der Waals surface area contributed by atoms with Gasteiger partial charge in [-0.15, -0.1) is 0 Å². The normalized spacial score (nSPS) is 14.1. The summed E-state index contributed by atoms with van der Waals surface area (Å²) in [6.07, 6.45) is 7.17. The van der Waals surface area contributed by atoms with Gasteiger partial charge in [-0.2, -0.15) is 4.98 Å². The topological polar surface area (TPSA) is 81.9 Å². The number of aromatic nitrogens is 4. The molecule has 3 aromatic rings. The number of ether oxygens (including phenoxy) is 1. The Morgan fingerprint density at radius 2 is 1.87 bits per heavy atom. The van der Waals surface area contributed by atoms with Crippen LogP contribution in [0, 0.1) is 26.7 Å². The molecular weight excluding hydrogens is 378 g/mol. The summed E-state index contributed by atoms with van der Waals surface area (Å²) in [5, 5.41) is 2.98. The van der Waals surface area contributed by atoms with Gasteiger partial charge in [0.25, 0.3) is 0 Å². The van der Waals surface area contributed by atoms with Crippen LogP contribution < -0.4 is 10.1 Å². The first-order valence-corrected chi connectivity index (χ1v) is 10.4. The van der Waals surface area contributed by atoms with Crippen LogP contribution in [0.2, 0.25) is 0 Å². The largest absolute Gasteiger partial charge is 0.439 e. The highest BCUT2D eigenvalue weighted by Gasteiger charge is 2.18. The van der Waals surface area contributed by atoms with Crippen molar-refractivity contribution in [2.24, 2.45) is 5.92 Å². The predicted molar refractivity (Wildman–Crippen MR) is 115 cm³/mol. The van der Waals surface area contributed by atoms with Crippen LogP contribution in [0.25, 0.3) is 5.82 Å². The molecule has 1 N–H and O–H groups in total. The molecule has 0 unspecified atom stereocenters. The number of rotatable bonds is 6. The van der Waals surface area contributed by atoms with Gasteiger partial charge in [0, 0.05) is 23.9 Å². The van der Waals surface area contributed by atoms with Gasteiger partial charge in [0.1, 0.15) is 23.7 Å². The molecule has 0 saturated heterocycles. The highest BCUT2D eigenvalue weighted by atomic mass is 16.5. The molecule has 0 bridgehead atoms. The molecule has 0 aliphatic heterocycles. The van der Waals surface area contributed by atoms with Gasteiger partial charge >= 0.3 is 0 Å². The molecule has 1 aromatic carbocycles. The van der Waals surface area contributed by atoms with Gasteiger partial charge in [0.15, 0.2) is 0 Å². The summed E-state index contributed by atoms with van der Waals surface area (Å²) >= 11 is 0. The van der Waals surface area contributed by atoms with E-state index in [4.69, 9.17) is 4.74 Å². The standard InChI is InChI=1S/C23H27N5O2/c1-15-16(2)28(14-24-15)21-13-23(26-17(3)25-21)30-20-10-8-19(9-11-20)27-22(29)12-18-6-4-5-7-18/h8-11,13-14,18H,4-7,12H2,1-3H3,(H,27,29). The number of carbonyl (C=O) groups is 1. The van der Waals surface area contributed by atoms with Crippen LogP contribution in [-0.2, 0) is 4.79 Å². The maximum absolute atomic E-state index is 12.2. The fourth-order valence-electron chi connectivity index (χ4n) is 3.85. The van der Waals surface area contributed by atoms with E-state index in [-0.39, 0.29) is 5.91 Å². The van der Waals surface area contributed by atoms with Gasteiger partial charge in [-0.3, -0.25) is 9.36 Å². The van der Waals surface area contributed by atoms with Gasteiger partial charge in [-0.05, 0) is 63.8 Å². The molecule has 156 valence electrons. The van der Waals surface area contributed by atoms with Crippen LogP contribution in [0.1, 0.15) is 49.3 Å². The van der Waals surface area contributed by atoms with Crippen molar-refractivity contribution in [3.8, 4) is 17.4 Å². The molecule has 7 nitrogen and oxygen atoms in total. The molecule has 7 heteroatoms. The third kappa shape index (κ3) is 4.67.